The number of aromatic nitrogens is 1. The number of anilines is 1. The lowest BCUT2D eigenvalue weighted by atomic mass is 10.2. The van der Waals surface area contributed by atoms with Crippen molar-refractivity contribution in [2.24, 2.45) is 0 Å². The minimum atomic E-state index is -2.61. The fraction of sp³-hybridized carbons (Fsp3) is 0.500. The van der Waals surface area contributed by atoms with Gasteiger partial charge in [0.1, 0.15) is 5.82 Å². The molecule has 1 aromatic rings. The van der Waals surface area contributed by atoms with Gasteiger partial charge in [-0.2, -0.15) is 0 Å². The van der Waals surface area contributed by atoms with E-state index in [0.29, 0.717) is 5.82 Å². The maximum absolute atomic E-state index is 12.4. The Labute approximate surface area is 82.4 Å². The molecule has 0 atom stereocenters. The molecule has 0 aromatic carbocycles. The number of rotatable bonds is 4. The number of aryl methyl sites for hydroxylation is 1. The van der Waals surface area contributed by atoms with Crippen molar-refractivity contribution in [2.75, 3.05) is 11.9 Å². The Bertz CT molecular complexity index is 277. The quantitative estimate of drug-likeness (QED) is 0.808. The molecule has 0 saturated carbocycles. The number of alkyl halides is 2. The van der Waals surface area contributed by atoms with Crippen molar-refractivity contribution in [2.45, 2.75) is 26.2 Å². The maximum atomic E-state index is 12.4. The standard InChI is InChI=1S/C10H14F2N2/c1-8-3-4-9(14-7-8)13-6-5-10(2,11)12/h3-4,7H,5-6H2,1-2H3,(H,13,14). The maximum Gasteiger partial charge on any atom is 0.247 e. The minimum absolute atomic E-state index is 0.178. The number of halogens is 2. The third kappa shape index (κ3) is 4.16. The highest BCUT2D eigenvalue weighted by Gasteiger charge is 2.19. The molecular formula is C10H14F2N2. The van der Waals surface area contributed by atoms with Crippen molar-refractivity contribution in [1.82, 2.24) is 4.98 Å². The molecular weight excluding hydrogens is 186 g/mol. The molecule has 1 aromatic heterocycles. The van der Waals surface area contributed by atoms with E-state index in [1.807, 2.05) is 13.0 Å². The second-order valence-corrected chi connectivity index (χ2v) is 3.47. The molecule has 0 amide bonds. The third-order valence-corrected chi connectivity index (χ3v) is 1.78. The lowest BCUT2D eigenvalue weighted by molar-refractivity contribution is 0.0167. The van der Waals surface area contributed by atoms with Gasteiger partial charge in [0.25, 0.3) is 0 Å². The van der Waals surface area contributed by atoms with Crippen LogP contribution < -0.4 is 5.32 Å². The monoisotopic (exact) mass is 200 g/mol. The van der Waals surface area contributed by atoms with Crippen molar-refractivity contribution in [3.63, 3.8) is 0 Å². The zero-order valence-corrected chi connectivity index (χ0v) is 8.35. The Morgan fingerprint density at radius 3 is 2.64 bits per heavy atom. The zero-order chi connectivity index (χ0) is 10.6. The Kier molecular flexibility index (Phi) is 3.38. The molecule has 0 radical (unpaired) electrons. The molecule has 1 heterocycles. The SMILES string of the molecule is Cc1ccc(NCCC(C)(F)F)nc1. The van der Waals surface area contributed by atoms with Crippen molar-refractivity contribution < 1.29 is 8.78 Å². The van der Waals surface area contributed by atoms with Crippen LogP contribution in [0.3, 0.4) is 0 Å². The fourth-order valence-corrected chi connectivity index (χ4v) is 0.982. The number of nitrogens with zero attached hydrogens (tertiary/aromatic N) is 1. The van der Waals surface area contributed by atoms with E-state index in [9.17, 15) is 8.78 Å². The van der Waals surface area contributed by atoms with Gasteiger partial charge in [0.15, 0.2) is 0 Å². The van der Waals surface area contributed by atoms with Crippen LogP contribution in [-0.4, -0.2) is 17.5 Å². The first-order chi connectivity index (χ1) is 6.47. The molecule has 0 fully saturated rings. The number of hydrogen-bond donors (Lipinski definition) is 1. The Balaban J connectivity index is 2.35. The van der Waals surface area contributed by atoms with Crippen LogP contribution in [0.15, 0.2) is 18.3 Å². The molecule has 78 valence electrons. The van der Waals surface area contributed by atoms with E-state index in [0.717, 1.165) is 12.5 Å². The Morgan fingerprint density at radius 1 is 1.43 bits per heavy atom. The highest BCUT2D eigenvalue weighted by Crippen LogP contribution is 2.16. The topological polar surface area (TPSA) is 24.9 Å². The highest BCUT2D eigenvalue weighted by atomic mass is 19.3. The van der Waals surface area contributed by atoms with Gasteiger partial charge in [-0.1, -0.05) is 6.07 Å². The summed E-state index contributed by atoms with van der Waals surface area (Å²) in [5, 5.41) is 2.84. The molecule has 2 nitrogen and oxygen atoms in total. The van der Waals surface area contributed by atoms with E-state index in [2.05, 4.69) is 10.3 Å². The van der Waals surface area contributed by atoms with Crippen LogP contribution in [0.4, 0.5) is 14.6 Å². The predicted octanol–water partition coefficient (Wildman–Crippen LogP) is 2.85. The molecule has 1 N–H and O–H groups in total. The summed E-state index contributed by atoms with van der Waals surface area (Å²) in [6.07, 6.45) is 1.52. The molecule has 0 spiro atoms. The first-order valence-corrected chi connectivity index (χ1v) is 4.52. The molecule has 0 unspecified atom stereocenters. The predicted molar refractivity (Wildman–Crippen MR) is 52.7 cm³/mol. The average molecular weight is 200 g/mol. The van der Waals surface area contributed by atoms with Crippen LogP contribution >= 0.6 is 0 Å². The number of hydrogen-bond acceptors (Lipinski definition) is 2. The van der Waals surface area contributed by atoms with Gasteiger partial charge in [-0.25, -0.2) is 13.8 Å². The van der Waals surface area contributed by atoms with Crippen molar-refractivity contribution in [3.05, 3.63) is 23.9 Å². The summed E-state index contributed by atoms with van der Waals surface area (Å²) >= 11 is 0. The van der Waals surface area contributed by atoms with Crippen LogP contribution in [0.2, 0.25) is 0 Å². The molecule has 0 aliphatic heterocycles. The largest absolute Gasteiger partial charge is 0.370 e. The van der Waals surface area contributed by atoms with Gasteiger partial charge in [0.05, 0.1) is 0 Å². The van der Waals surface area contributed by atoms with E-state index in [4.69, 9.17) is 0 Å². The van der Waals surface area contributed by atoms with Crippen LogP contribution in [-0.2, 0) is 0 Å². The van der Waals surface area contributed by atoms with E-state index >= 15 is 0 Å². The van der Waals surface area contributed by atoms with Crippen LogP contribution in [0.25, 0.3) is 0 Å². The minimum Gasteiger partial charge on any atom is -0.370 e. The van der Waals surface area contributed by atoms with Crippen molar-refractivity contribution in [1.29, 1.82) is 0 Å². The van der Waals surface area contributed by atoms with Gasteiger partial charge in [0.2, 0.25) is 5.92 Å². The Hall–Kier alpha value is -1.19. The summed E-state index contributed by atoms with van der Waals surface area (Å²) in [5.41, 5.74) is 1.05. The Morgan fingerprint density at radius 2 is 2.14 bits per heavy atom. The first kappa shape index (κ1) is 10.9. The van der Waals surface area contributed by atoms with Crippen LogP contribution in [0.1, 0.15) is 18.9 Å². The molecule has 0 bridgehead atoms. The van der Waals surface area contributed by atoms with Gasteiger partial charge >= 0.3 is 0 Å². The molecule has 14 heavy (non-hydrogen) atoms. The molecule has 0 aliphatic rings. The van der Waals surface area contributed by atoms with Gasteiger partial charge < -0.3 is 5.32 Å². The molecule has 4 heteroatoms. The summed E-state index contributed by atoms with van der Waals surface area (Å²) in [6.45, 7) is 3.08. The van der Waals surface area contributed by atoms with E-state index < -0.39 is 5.92 Å². The number of pyridine rings is 1. The second kappa shape index (κ2) is 4.35. The van der Waals surface area contributed by atoms with E-state index in [-0.39, 0.29) is 13.0 Å². The van der Waals surface area contributed by atoms with Crippen LogP contribution in [0.5, 0.6) is 0 Å². The van der Waals surface area contributed by atoms with Crippen molar-refractivity contribution >= 4 is 5.82 Å². The molecule has 0 aliphatic carbocycles. The van der Waals surface area contributed by atoms with Crippen LogP contribution in [0, 0.1) is 6.92 Å². The second-order valence-electron chi connectivity index (χ2n) is 3.47. The summed E-state index contributed by atoms with van der Waals surface area (Å²) in [5.74, 6) is -1.97. The smallest absolute Gasteiger partial charge is 0.247 e. The van der Waals surface area contributed by atoms with E-state index in [1.165, 1.54) is 0 Å². The van der Waals surface area contributed by atoms with Gasteiger partial charge in [-0.15, -0.1) is 0 Å². The number of nitrogens with one attached hydrogen (secondary N) is 1. The summed E-state index contributed by atoms with van der Waals surface area (Å²) < 4.78 is 24.9. The summed E-state index contributed by atoms with van der Waals surface area (Å²) in [7, 11) is 0. The van der Waals surface area contributed by atoms with Crippen molar-refractivity contribution in [3.8, 4) is 0 Å². The fourth-order valence-electron chi connectivity index (χ4n) is 0.982. The van der Waals surface area contributed by atoms with Gasteiger partial charge in [-0.3, -0.25) is 0 Å². The summed E-state index contributed by atoms with van der Waals surface area (Å²) in [4.78, 5) is 4.04. The lowest BCUT2D eigenvalue weighted by Crippen LogP contribution is -2.16. The third-order valence-electron chi connectivity index (χ3n) is 1.78. The highest BCUT2D eigenvalue weighted by molar-refractivity contribution is 5.34. The zero-order valence-electron chi connectivity index (χ0n) is 8.35. The molecule has 0 saturated heterocycles. The molecule has 1 rings (SSSR count). The normalized spacial score (nSPS) is 11.4. The summed E-state index contributed by atoms with van der Waals surface area (Å²) in [6, 6.07) is 3.67. The van der Waals surface area contributed by atoms with E-state index in [1.54, 1.807) is 12.3 Å². The first-order valence-electron chi connectivity index (χ1n) is 4.52. The average Bonchev–Trinajstić information content (AvgIpc) is 2.06. The van der Waals surface area contributed by atoms with Gasteiger partial charge in [0, 0.05) is 19.2 Å². The van der Waals surface area contributed by atoms with Gasteiger partial charge in [-0.05, 0) is 25.5 Å². The lowest BCUT2D eigenvalue weighted by Gasteiger charge is -2.10.